The maximum Gasteiger partial charge on any atom is 0.236 e. The fraction of sp³-hybridized carbons (Fsp3) is 0.429. The predicted octanol–water partition coefficient (Wildman–Crippen LogP) is 2.63. The first-order valence-corrected chi connectivity index (χ1v) is 7.21. The number of carbonyl (C=O) groups excluding carboxylic acids is 2. The molecule has 0 spiro atoms. The smallest absolute Gasteiger partial charge is 0.236 e. The van der Waals surface area contributed by atoms with Crippen LogP contribution in [0.5, 0.6) is 0 Å². The summed E-state index contributed by atoms with van der Waals surface area (Å²) in [5.74, 6) is -0.167. The summed E-state index contributed by atoms with van der Waals surface area (Å²) < 4.78 is 0.738. The van der Waals surface area contributed by atoms with Crippen molar-refractivity contribution in [1.82, 2.24) is 0 Å². The topological polar surface area (TPSA) is 63.4 Å². The van der Waals surface area contributed by atoms with Crippen LogP contribution in [-0.2, 0) is 9.59 Å². The van der Waals surface area contributed by atoms with E-state index in [0.717, 1.165) is 22.9 Å². The summed E-state index contributed by atoms with van der Waals surface area (Å²) in [4.78, 5) is 26.1. The maximum absolute atomic E-state index is 12.4. The van der Waals surface area contributed by atoms with E-state index in [9.17, 15) is 9.59 Å². The molecule has 0 radical (unpaired) electrons. The van der Waals surface area contributed by atoms with E-state index in [1.807, 2.05) is 13.0 Å². The number of hydrogen-bond donors (Lipinski definition) is 1. The van der Waals surface area contributed by atoms with E-state index >= 15 is 0 Å². The quantitative estimate of drug-likeness (QED) is 0.638. The lowest BCUT2D eigenvalue weighted by Gasteiger charge is -2.30. The van der Waals surface area contributed by atoms with Gasteiger partial charge in [0.25, 0.3) is 0 Å². The molecule has 2 bridgehead atoms. The number of benzene rings is 1. The van der Waals surface area contributed by atoms with Crippen molar-refractivity contribution in [1.29, 1.82) is 0 Å². The lowest BCUT2D eigenvalue weighted by Crippen LogP contribution is -2.46. The molecule has 5 heteroatoms. The maximum atomic E-state index is 12.4. The number of carbonyl (C=O) groups is 2. The fourth-order valence-corrected chi connectivity index (χ4v) is 3.63. The van der Waals surface area contributed by atoms with E-state index in [1.165, 1.54) is 4.90 Å². The fourth-order valence-electron chi connectivity index (χ4n) is 2.99. The highest BCUT2D eigenvalue weighted by Crippen LogP contribution is 2.42. The van der Waals surface area contributed by atoms with Gasteiger partial charge in [0.05, 0.1) is 5.69 Å². The van der Waals surface area contributed by atoms with Crippen LogP contribution in [0.4, 0.5) is 11.4 Å². The number of nitrogen functional groups attached to an aromatic ring is 1. The Morgan fingerprint density at radius 2 is 1.79 bits per heavy atom. The molecule has 2 unspecified atom stereocenters. The number of rotatable bonds is 1. The molecular weight excluding hydrogens is 308 g/mol. The highest BCUT2D eigenvalue weighted by Gasteiger charge is 2.46. The van der Waals surface area contributed by atoms with Crippen molar-refractivity contribution in [2.75, 3.05) is 10.6 Å². The molecule has 1 aromatic carbocycles. The summed E-state index contributed by atoms with van der Waals surface area (Å²) in [5, 5.41) is 0. The van der Waals surface area contributed by atoms with E-state index < -0.39 is 0 Å². The van der Waals surface area contributed by atoms with Gasteiger partial charge in [-0.2, -0.15) is 0 Å². The molecule has 2 fully saturated rings. The number of anilines is 2. The van der Waals surface area contributed by atoms with E-state index in [4.69, 9.17) is 5.73 Å². The first kappa shape index (κ1) is 12.7. The van der Waals surface area contributed by atoms with Crippen LogP contribution < -0.4 is 10.6 Å². The highest BCUT2D eigenvalue weighted by molar-refractivity contribution is 9.10. The van der Waals surface area contributed by atoms with Crippen LogP contribution in [-0.4, -0.2) is 11.8 Å². The average Bonchev–Trinajstić information content (AvgIpc) is 2.80. The number of nitrogens with two attached hydrogens (primary N) is 1. The Labute approximate surface area is 120 Å². The van der Waals surface area contributed by atoms with Crippen molar-refractivity contribution in [3.05, 3.63) is 22.2 Å². The van der Waals surface area contributed by atoms with Gasteiger partial charge >= 0.3 is 0 Å². The summed E-state index contributed by atoms with van der Waals surface area (Å²) in [5.41, 5.74) is 8.00. The monoisotopic (exact) mass is 322 g/mol. The molecule has 19 heavy (non-hydrogen) atoms. The summed E-state index contributed by atoms with van der Waals surface area (Å²) in [7, 11) is 0. The molecule has 2 amide bonds. The second-order valence-corrected chi connectivity index (χ2v) is 6.23. The number of amides is 2. The zero-order valence-electron chi connectivity index (χ0n) is 10.6. The number of nitrogens with zero attached hydrogens (tertiary/aromatic N) is 1. The Morgan fingerprint density at radius 3 is 2.37 bits per heavy atom. The normalized spacial score (nSPS) is 26.1. The number of halogens is 1. The van der Waals surface area contributed by atoms with Gasteiger partial charge in [-0.25, -0.2) is 4.90 Å². The summed E-state index contributed by atoms with van der Waals surface area (Å²) in [6.07, 6.45) is 2.36. The van der Waals surface area contributed by atoms with Gasteiger partial charge in [0, 0.05) is 22.0 Å². The molecular formula is C14H15BrN2O2. The van der Waals surface area contributed by atoms with Crippen molar-refractivity contribution in [2.24, 2.45) is 11.8 Å². The molecule has 1 aromatic rings. The van der Waals surface area contributed by atoms with Crippen LogP contribution >= 0.6 is 15.9 Å². The Morgan fingerprint density at radius 1 is 1.21 bits per heavy atom. The second kappa shape index (κ2) is 4.34. The molecule has 100 valence electrons. The van der Waals surface area contributed by atoms with Crippen LogP contribution in [0.3, 0.4) is 0 Å². The van der Waals surface area contributed by atoms with Crippen LogP contribution in [0.15, 0.2) is 16.6 Å². The van der Waals surface area contributed by atoms with Crippen LogP contribution in [0.2, 0.25) is 0 Å². The molecule has 1 saturated heterocycles. The van der Waals surface area contributed by atoms with Crippen molar-refractivity contribution in [2.45, 2.75) is 26.2 Å². The van der Waals surface area contributed by atoms with E-state index in [1.54, 1.807) is 6.07 Å². The summed E-state index contributed by atoms with van der Waals surface area (Å²) >= 11 is 3.43. The van der Waals surface area contributed by atoms with Crippen molar-refractivity contribution < 1.29 is 9.59 Å². The highest BCUT2D eigenvalue weighted by atomic mass is 79.9. The van der Waals surface area contributed by atoms with Crippen molar-refractivity contribution in [3.63, 3.8) is 0 Å². The first-order chi connectivity index (χ1) is 8.99. The molecule has 1 heterocycles. The SMILES string of the molecule is Cc1cc(Br)c(N2C(=O)C3CCC(C3)C2=O)cc1N. The Bertz CT molecular complexity index is 563. The van der Waals surface area contributed by atoms with E-state index in [0.29, 0.717) is 17.8 Å². The van der Waals surface area contributed by atoms with E-state index in [-0.39, 0.29) is 23.7 Å². The third-order valence-corrected chi connectivity index (χ3v) is 4.78. The van der Waals surface area contributed by atoms with Crippen molar-refractivity contribution >= 4 is 39.1 Å². The third-order valence-electron chi connectivity index (χ3n) is 4.15. The predicted molar refractivity (Wildman–Crippen MR) is 76.6 cm³/mol. The minimum atomic E-state index is -0.0808. The number of hydrogen-bond acceptors (Lipinski definition) is 3. The van der Waals surface area contributed by atoms with Gasteiger partial charge < -0.3 is 5.73 Å². The Kier molecular flexibility index (Phi) is 2.89. The molecule has 1 saturated carbocycles. The number of fused-ring (bicyclic) bond motifs is 2. The first-order valence-electron chi connectivity index (χ1n) is 6.42. The molecule has 1 aliphatic heterocycles. The minimum absolute atomic E-state index is 0.00266. The lowest BCUT2D eigenvalue weighted by molar-refractivity contribution is -0.133. The van der Waals surface area contributed by atoms with Gasteiger partial charge in [-0.3, -0.25) is 9.59 Å². The van der Waals surface area contributed by atoms with Gasteiger partial charge in [-0.15, -0.1) is 0 Å². The van der Waals surface area contributed by atoms with Gasteiger partial charge in [-0.05, 0) is 59.8 Å². The average molecular weight is 323 g/mol. The van der Waals surface area contributed by atoms with Crippen LogP contribution in [0, 0.1) is 18.8 Å². The Hall–Kier alpha value is -1.36. The Balaban J connectivity index is 2.08. The largest absolute Gasteiger partial charge is 0.398 e. The molecule has 2 atom stereocenters. The van der Waals surface area contributed by atoms with Gasteiger partial charge in [0.15, 0.2) is 0 Å². The van der Waals surface area contributed by atoms with Gasteiger partial charge in [0.2, 0.25) is 11.8 Å². The molecule has 2 aliphatic rings. The van der Waals surface area contributed by atoms with Crippen LogP contribution in [0.1, 0.15) is 24.8 Å². The van der Waals surface area contributed by atoms with Gasteiger partial charge in [0.1, 0.15) is 0 Å². The zero-order valence-corrected chi connectivity index (χ0v) is 12.2. The summed E-state index contributed by atoms with van der Waals surface area (Å²) in [6, 6.07) is 3.56. The molecule has 2 N–H and O–H groups in total. The summed E-state index contributed by atoms with van der Waals surface area (Å²) in [6.45, 7) is 1.90. The van der Waals surface area contributed by atoms with Crippen LogP contribution in [0.25, 0.3) is 0 Å². The molecule has 4 nitrogen and oxygen atoms in total. The van der Waals surface area contributed by atoms with Gasteiger partial charge in [-0.1, -0.05) is 0 Å². The number of piperidine rings is 1. The lowest BCUT2D eigenvalue weighted by atomic mass is 9.96. The zero-order chi connectivity index (χ0) is 13.7. The van der Waals surface area contributed by atoms with E-state index in [2.05, 4.69) is 15.9 Å². The molecule has 0 aromatic heterocycles. The molecule has 3 rings (SSSR count). The standard InChI is InChI=1S/C14H15BrN2O2/c1-7-4-10(15)12(6-11(7)16)17-13(18)8-2-3-9(5-8)14(17)19/h4,6,8-9H,2-3,5,16H2,1H3. The van der Waals surface area contributed by atoms with Crippen molar-refractivity contribution in [3.8, 4) is 0 Å². The third kappa shape index (κ3) is 1.87. The number of imide groups is 1. The molecule has 1 aliphatic carbocycles. The minimum Gasteiger partial charge on any atom is -0.398 e. The second-order valence-electron chi connectivity index (χ2n) is 5.38. The number of aryl methyl sites for hydroxylation is 1.